The van der Waals surface area contributed by atoms with Crippen LogP contribution in [0.4, 0.5) is 10.5 Å². The van der Waals surface area contributed by atoms with Crippen LogP contribution in [0.3, 0.4) is 0 Å². The Morgan fingerprint density at radius 1 is 0.906 bits per heavy atom. The maximum Gasteiger partial charge on any atom is 0.317 e. The van der Waals surface area contributed by atoms with E-state index in [9.17, 15) is 14.4 Å². The maximum absolute atomic E-state index is 12.6. The van der Waals surface area contributed by atoms with Crippen LogP contribution in [0.5, 0.6) is 0 Å². The van der Waals surface area contributed by atoms with Crippen molar-refractivity contribution in [1.82, 2.24) is 15.1 Å². The van der Waals surface area contributed by atoms with Crippen molar-refractivity contribution in [3.8, 4) is 0 Å². The monoisotopic (exact) mass is 434 g/mol. The molecular weight excluding hydrogens is 404 g/mol. The lowest BCUT2D eigenvalue weighted by Crippen LogP contribution is -2.53. The van der Waals surface area contributed by atoms with Gasteiger partial charge in [-0.05, 0) is 36.6 Å². The van der Waals surface area contributed by atoms with E-state index in [1.807, 2.05) is 60.4 Å². The lowest BCUT2D eigenvalue weighted by molar-refractivity contribution is -0.131. The molecule has 2 aliphatic rings. The minimum Gasteiger partial charge on any atom is -0.339 e. The van der Waals surface area contributed by atoms with Gasteiger partial charge in [-0.25, -0.2) is 4.79 Å². The first-order valence-electron chi connectivity index (χ1n) is 11.2. The van der Waals surface area contributed by atoms with Gasteiger partial charge < -0.3 is 20.0 Å². The summed E-state index contributed by atoms with van der Waals surface area (Å²) in [4.78, 5) is 42.6. The first kappa shape index (κ1) is 21.9. The van der Waals surface area contributed by atoms with E-state index in [-0.39, 0.29) is 17.8 Å². The van der Waals surface area contributed by atoms with E-state index in [1.165, 1.54) is 5.56 Å². The Bertz CT molecular complexity index is 981. The molecule has 2 aliphatic heterocycles. The van der Waals surface area contributed by atoms with Crippen LogP contribution in [-0.4, -0.2) is 60.4 Å². The van der Waals surface area contributed by atoms with Crippen LogP contribution in [0, 0.1) is 6.92 Å². The molecule has 0 saturated carbocycles. The third-order valence-corrected chi connectivity index (χ3v) is 6.13. The van der Waals surface area contributed by atoms with Crippen LogP contribution in [0.2, 0.25) is 0 Å². The van der Waals surface area contributed by atoms with Crippen molar-refractivity contribution < 1.29 is 14.4 Å². The zero-order chi connectivity index (χ0) is 22.5. The molecule has 2 heterocycles. The molecule has 0 unspecified atom stereocenters. The van der Waals surface area contributed by atoms with Crippen LogP contribution < -0.4 is 10.2 Å². The van der Waals surface area contributed by atoms with Gasteiger partial charge in [0.15, 0.2) is 0 Å². The van der Waals surface area contributed by atoms with Gasteiger partial charge in [0.05, 0.1) is 6.42 Å². The number of nitrogens with zero attached hydrogens (tertiary/aromatic N) is 3. The summed E-state index contributed by atoms with van der Waals surface area (Å²) in [5.41, 5.74) is 4.04. The molecule has 0 spiro atoms. The Morgan fingerprint density at radius 3 is 2.31 bits per heavy atom. The Labute approximate surface area is 189 Å². The maximum atomic E-state index is 12.6. The second kappa shape index (κ2) is 9.85. The Balaban J connectivity index is 1.24. The highest BCUT2D eigenvalue weighted by molar-refractivity contribution is 5.95. The molecule has 4 amide bonds. The summed E-state index contributed by atoms with van der Waals surface area (Å²) in [7, 11) is 0. The first-order valence-corrected chi connectivity index (χ1v) is 11.2. The van der Waals surface area contributed by atoms with Gasteiger partial charge in [-0.15, -0.1) is 0 Å². The molecule has 2 aromatic carbocycles. The van der Waals surface area contributed by atoms with Gasteiger partial charge in [0, 0.05) is 51.4 Å². The number of benzene rings is 2. The summed E-state index contributed by atoms with van der Waals surface area (Å²) < 4.78 is 0. The predicted octanol–water partition coefficient (Wildman–Crippen LogP) is 2.72. The van der Waals surface area contributed by atoms with E-state index < -0.39 is 0 Å². The van der Waals surface area contributed by atoms with Crippen LogP contribution in [0.15, 0.2) is 48.5 Å². The number of carbonyl (C=O) groups excluding carboxylic acids is 3. The molecule has 0 aliphatic carbocycles. The lowest BCUT2D eigenvalue weighted by Gasteiger charge is -2.34. The van der Waals surface area contributed by atoms with Crippen molar-refractivity contribution in [2.45, 2.75) is 32.7 Å². The summed E-state index contributed by atoms with van der Waals surface area (Å²) in [6, 6.07) is 15.7. The van der Waals surface area contributed by atoms with Crippen molar-refractivity contribution >= 4 is 23.5 Å². The fourth-order valence-electron chi connectivity index (χ4n) is 4.20. The number of nitrogens with one attached hydrogen (secondary N) is 1. The molecule has 32 heavy (non-hydrogen) atoms. The van der Waals surface area contributed by atoms with E-state index in [4.69, 9.17) is 0 Å². The van der Waals surface area contributed by atoms with E-state index >= 15 is 0 Å². The average molecular weight is 435 g/mol. The summed E-state index contributed by atoms with van der Waals surface area (Å²) in [5.74, 6) is 0.253. The molecule has 0 atom stereocenters. The van der Waals surface area contributed by atoms with Crippen molar-refractivity contribution in [3.63, 3.8) is 0 Å². The van der Waals surface area contributed by atoms with Crippen molar-refractivity contribution in [1.29, 1.82) is 0 Å². The second-order valence-corrected chi connectivity index (χ2v) is 8.51. The van der Waals surface area contributed by atoms with Crippen molar-refractivity contribution in [3.05, 3.63) is 65.2 Å². The fraction of sp³-hybridized carbons (Fsp3) is 0.400. The Hall–Kier alpha value is -3.35. The third-order valence-electron chi connectivity index (χ3n) is 6.13. The molecule has 2 aromatic rings. The molecular formula is C25H30N4O3. The number of aryl methyl sites for hydroxylation is 1. The number of carbonyl (C=O) groups is 3. The summed E-state index contributed by atoms with van der Waals surface area (Å²) in [6.45, 7) is 5.32. The zero-order valence-corrected chi connectivity index (χ0v) is 18.5. The predicted molar refractivity (Wildman–Crippen MR) is 123 cm³/mol. The highest BCUT2D eigenvalue weighted by Gasteiger charge is 2.24. The molecule has 1 N–H and O–H groups in total. The molecule has 2 saturated heterocycles. The number of hydrogen-bond donors (Lipinski definition) is 1. The quantitative estimate of drug-likeness (QED) is 0.787. The minimum absolute atomic E-state index is 0.0992. The van der Waals surface area contributed by atoms with Gasteiger partial charge in [-0.3, -0.25) is 9.59 Å². The smallest absolute Gasteiger partial charge is 0.317 e. The number of urea groups is 1. The highest BCUT2D eigenvalue weighted by Crippen LogP contribution is 2.22. The van der Waals surface area contributed by atoms with Gasteiger partial charge in [-0.1, -0.05) is 42.0 Å². The SMILES string of the molecule is Cc1ccc(CC(=O)N2CCN(C(=O)NCc3cccc(N4CCCC4=O)c3)CC2)cc1. The van der Waals surface area contributed by atoms with E-state index in [0.717, 1.165) is 29.8 Å². The van der Waals surface area contributed by atoms with Gasteiger partial charge in [0.1, 0.15) is 0 Å². The van der Waals surface area contributed by atoms with Crippen LogP contribution in [-0.2, 0) is 22.6 Å². The first-order chi connectivity index (χ1) is 15.5. The standard InChI is InChI=1S/C25H30N4O3/c1-19-7-9-20(10-8-19)17-24(31)27-12-14-28(15-13-27)25(32)26-18-21-4-2-5-22(16-21)29-11-3-6-23(29)30/h2,4-5,7-10,16H,3,6,11-15,17-18H2,1H3,(H,26,32). The molecule has 7 heteroatoms. The molecule has 0 radical (unpaired) electrons. The summed E-state index contributed by atoms with van der Waals surface area (Å²) in [5, 5.41) is 2.97. The van der Waals surface area contributed by atoms with Gasteiger partial charge in [-0.2, -0.15) is 0 Å². The number of anilines is 1. The van der Waals surface area contributed by atoms with Crippen LogP contribution in [0.25, 0.3) is 0 Å². The average Bonchev–Trinajstić information content (AvgIpc) is 3.25. The third kappa shape index (κ3) is 5.28. The highest BCUT2D eigenvalue weighted by atomic mass is 16.2. The minimum atomic E-state index is -0.127. The van der Waals surface area contributed by atoms with Crippen LogP contribution >= 0.6 is 0 Å². The van der Waals surface area contributed by atoms with Crippen molar-refractivity contribution in [2.24, 2.45) is 0 Å². The van der Waals surface area contributed by atoms with Crippen molar-refractivity contribution in [2.75, 3.05) is 37.6 Å². The van der Waals surface area contributed by atoms with Gasteiger partial charge >= 0.3 is 6.03 Å². The molecule has 0 bridgehead atoms. The number of piperazine rings is 1. The Morgan fingerprint density at radius 2 is 1.62 bits per heavy atom. The fourth-order valence-corrected chi connectivity index (χ4v) is 4.20. The number of amides is 4. The largest absolute Gasteiger partial charge is 0.339 e. The zero-order valence-electron chi connectivity index (χ0n) is 18.5. The van der Waals surface area contributed by atoms with E-state index in [1.54, 1.807) is 9.80 Å². The molecule has 4 rings (SSSR count). The number of rotatable bonds is 5. The normalized spacial score (nSPS) is 16.4. The van der Waals surface area contributed by atoms with Crippen LogP contribution in [0.1, 0.15) is 29.5 Å². The number of hydrogen-bond acceptors (Lipinski definition) is 3. The van der Waals surface area contributed by atoms with Gasteiger partial charge in [0.2, 0.25) is 11.8 Å². The lowest BCUT2D eigenvalue weighted by atomic mass is 10.1. The summed E-state index contributed by atoms with van der Waals surface area (Å²) in [6.07, 6.45) is 1.88. The molecule has 2 fully saturated rings. The Kier molecular flexibility index (Phi) is 6.73. The molecule has 168 valence electrons. The summed E-state index contributed by atoms with van der Waals surface area (Å²) >= 11 is 0. The second-order valence-electron chi connectivity index (χ2n) is 8.51. The topological polar surface area (TPSA) is 73.0 Å². The molecule has 7 nitrogen and oxygen atoms in total. The van der Waals surface area contributed by atoms with E-state index in [2.05, 4.69) is 5.32 Å². The molecule has 0 aromatic heterocycles. The van der Waals surface area contributed by atoms with E-state index in [0.29, 0.717) is 45.6 Å². The van der Waals surface area contributed by atoms with Gasteiger partial charge in [0.25, 0.3) is 0 Å².